The third kappa shape index (κ3) is 2.95. The molecular weight excluding hydrogens is 264 g/mol. The molecule has 0 amide bonds. The van der Waals surface area contributed by atoms with Crippen LogP contribution in [0.2, 0.25) is 0 Å². The van der Waals surface area contributed by atoms with Gasteiger partial charge in [-0.25, -0.2) is 0 Å². The third-order valence-corrected chi connectivity index (χ3v) is 5.40. The molecule has 4 atom stereocenters. The van der Waals surface area contributed by atoms with Crippen molar-refractivity contribution < 1.29 is 4.92 Å². The zero-order chi connectivity index (χ0) is 14.8. The van der Waals surface area contributed by atoms with E-state index in [1.807, 2.05) is 12.1 Å². The highest BCUT2D eigenvalue weighted by atomic mass is 16.6. The first-order valence-electron chi connectivity index (χ1n) is 8.14. The average molecular weight is 288 g/mol. The summed E-state index contributed by atoms with van der Waals surface area (Å²) in [5.74, 6) is 2.44. The lowest BCUT2D eigenvalue weighted by atomic mass is 9.80. The molecule has 2 aliphatic rings. The minimum Gasteiger partial charge on any atom is -0.314 e. The Morgan fingerprint density at radius 2 is 2.14 bits per heavy atom. The largest absolute Gasteiger partial charge is 0.314 e. The predicted molar refractivity (Wildman–Crippen MR) is 83.2 cm³/mol. The van der Waals surface area contributed by atoms with Crippen LogP contribution in [0.15, 0.2) is 24.3 Å². The topological polar surface area (TPSA) is 55.2 Å². The molecule has 0 heterocycles. The maximum Gasteiger partial charge on any atom is 0.272 e. The maximum absolute atomic E-state index is 11.2. The highest BCUT2D eigenvalue weighted by Crippen LogP contribution is 2.50. The Hall–Kier alpha value is -1.42. The van der Waals surface area contributed by atoms with E-state index in [1.165, 1.54) is 25.7 Å². The average Bonchev–Trinajstić information content (AvgIpc) is 3.10. The first-order valence-corrected chi connectivity index (χ1v) is 8.14. The lowest BCUT2D eigenvalue weighted by molar-refractivity contribution is -0.385. The van der Waals surface area contributed by atoms with Gasteiger partial charge in [0.15, 0.2) is 0 Å². The molecule has 1 N–H and O–H groups in total. The normalized spacial score (nSPS) is 28.7. The third-order valence-electron chi connectivity index (χ3n) is 5.40. The number of hydrogen-bond donors (Lipinski definition) is 1. The van der Waals surface area contributed by atoms with Gasteiger partial charge in [0.2, 0.25) is 0 Å². The molecule has 0 radical (unpaired) electrons. The Bertz CT molecular complexity index is 517. The number of benzene rings is 1. The number of likely N-dealkylation sites (N-methyl/N-ethyl adjacent to an activating group) is 1. The number of nitro benzene ring substituents is 1. The summed E-state index contributed by atoms with van der Waals surface area (Å²) in [7, 11) is 0. The fourth-order valence-corrected chi connectivity index (χ4v) is 4.52. The Morgan fingerprint density at radius 3 is 2.76 bits per heavy atom. The molecule has 3 rings (SSSR count). The first-order chi connectivity index (χ1) is 10.2. The Labute approximate surface area is 126 Å². The fourth-order valence-electron chi connectivity index (χ4n) is 4.52. The van der Waals surface area contributed by atoms with Crippen LogP contribution in [-0.2, 0) is 6.42 Å². The molecule has 1 aromatic rings. The smallest absolute Gasteiger partial charge is 0.272 e. The van der Waals surface area contributed by atoms with Crippen LogP contribution >= 0.6 is 0 Å². The van der Waals surface area contributed by atoms with Crippen LogP contribution in [0.3, 0.4) is 0 Å². The van der Waals surface area contributed by atoms with Crippen LogP contribution in [0.1, 0.15) is 38.2 Å². The molecule has 0 spiro atoms. The molecule has 114 valence electrons. The minimum atomic E-state index is -0.251. The van der Waals surface area contributed by atoms with Crippen molar-refractivity contribution in [3.8, 4) is 0 Å². The summed E-state index contributed by atoms with van der Waals surface area (Å²) in [6, 6.07) is 7.58. The van der Waals surface area contributed by atoms with Gasteiger partial charge >= 0.3 is 0 Å². The summed E-state index contributed by atoms with van der Waals surface area (Å²) >= 11 is 0. The summed E-state index contributed by atoms with van der Waals surface area (Å²) < 4.78 is 0. The van der Waals surface area contributed by atoms with Gasteiger partial charge in [0, 0.05) is 17.7 Å². The zero-order valence-electron chi connectivity index (χ0n) is 12.6. The highest BCUT2D eigenvalue weighted by molar-refractivity contribution is 5.40. The van der Waals surface area contributed by atoms with Crippen molar-refractivity contribution in [3.05, 3.63) is 39.9 Å². The molecule has 0 saturated heterocycles. The van der Waals surface area contributed by atoms with Crippen LogP contribution in [0, 0.1) is 27.9 Å². The van der Waals surface area contributed by atoms with Crippen LogP contribution in [-0.4, -0.2) is 17.5 Å². The van der Waals surface area contributed by atoms with Gasteiger partial charge in [-0.05, 0) is 50.0 Å². The van der Waals surface area contributed by atoms with E-state index in [4.69, 9.17) is 0 Å². The van der Waals surface area contributed by atoms with Crippen LogP contribution in [0.25, 0.3) is 0 Å². The van der Waals surface area contributed by atoms with E-state index < -0.39 is 0 Å². The van der Waals surface area contributed by atoms with Crippen molar-refractivity contribution in [2.24, 2.45) is 17.8 Å². The maximum atomic E-state index is 11.2. The molecule has 2 saturated carbocycles. The Kier molecular flexibility index (Phi) is 4.24. The lowest BCUT2D eigenvalue weighted by Crippen LogP contribution is -2.40. The van der Waals surface area contributed by atoms with E-state index in [9.17, 15) is 10.1 Å². The summed E-state index contributed by atoms with van der Waals surface area (Å²) in [6.45, 7) is 3.05. The standard InChI is InChI=1S/C17H24N2O2/c1-2-18-16(15-10-12-7-8-13(15)9-12)11-14-5-3-4-6-17(14)19(20)21/h3-6,12-13,15-16,18H,2,7-11H2,1H3. The lowest BCUT2D eigenvalue weighted by Gasteiger charge is -2.31. The second-order valence-corrected chi connectivity index (χ2v) is 6.59. The van der Waals surface area contributed by atoms with Crippen molar-refractivity contribution in [1.29, 1.82) is 0 Å². The monoisotopic (exact) mass is 288 g/mol. The Morgan fingerprint density at radius 1 is 1.33 bits per heavy atom. The fraction of sp³-hybridized carbons (Fsp3) is 0.647. The van der Waals surface area contributed by atoms with Crippen LogP contribution in [0.4, 0.5) is 5.69 Å². The van der Waals surface area contributed by atoms with Crippen LogP contribution < -0.4 is 5.32 Å². The number of nitrogens with one attached hydrogen (secondary N) is 1. The van der Waals surface area contributed by atoms with Gasteiger partial charge in [0.05, 0.1) is 4.92 Å². The molecule has 0 aliphatic heterocycles. The summed E-state index contributed by atoms with van der Waals surface area (Å²) in [4.78, 5) is 10.9. The number of fused-ring (bicyclic) bond motifs is 2. The predicted octanol–water partition coefficient (Wildman–Crippen LogP) is 3.55. The van der Waals surface area contributed by atoms with E-state index >= 15 is 0 Å². The minimum absolute atomic E-state index is 0.251. The van der Waals surface area contributed by atoms with E-state index in [-0.39, 0.29) is 10.6 Å². The van der Waals surface area contributed by atoms with Crippen molar-refractivity contribution in [2.75, 3.05) is 6.54 Å². The van der Waals surface area contributed by atoms with E-state index in [0.717, 1.165) is 30.4 Å². The number of nitro groups is 1. The molecule has 4 unspecified atom stereocenters. The summed E-state index contributed by atoms with van der Waals surface area (Å²) in [6.07, 6.45) is 6.21. The van der Waals surface area contributed by atoms with Gasteiger partial charge < -0.3 is 5.32 Å². The van der Waals surface area contributed by atoms with Gasteiger partial charge in [-0.3, -0.25) is 10.1 Å². The van der Waals surface area contributed by atoms with Crippen molar-refractivity contribution in [2.45, 2.75) is 45.1 Å². The molecular formula is C17H24N2O2. The zero-order valence-corrected chi connectivity index (χ0v) is 12.6. The summed E-state index contributed by atoms with van der Waals surface area (Å²) in [5, 5.41) is 14.8. The SMILES string of the molecule is CCNC(Cc1ccccc1[N+](=O)[O-])C1CC2CCC1C2. The molecule has 4 nitrogen and oxygen atoms in total. The molecule has 2 bridgehead atoms. The van der Waals surface area contributed by atoms with Crippen molar-refractivity contribution in [3.63, 3.8) is 0 Å². The van der Waals surface area contributed by atoms with E-state index in [0.29, 0.717) is 12.0 Å². The molecule has 2 fully saturated rings. The van der Waals surface area contributed by atoms with Gasteiger partial charge in [-0.15, -0.1) is 0 Å². The van der Waals surface area contributed by atoms with E-state index in [2.05, 4.69) is 12.2 Å². The second kappa shape index (κ2) is 6.14. The number of hydrogen-bond acceptors (Lipinski definition) is 3. The first kappa shape index (κ1) is 14.5. The quantitative estimate of drug-likeness (QED) is 0.643. The molecule has 21 heavy (non-hydrogen) atoms. The van der Waals surface area contributed by atoms with Gasteiger partial charge in [-0.1, -0.05) is 31.5 Å². The Balaban J connectivity index is 1.78. The number of nitrogens with zero attached hydrogens (tertiary/aromatic N) is 1. The molecule has 2 aliphatic carbocycles. The van der Waals surface area contributed by atoms with Gasteiger partial charge in [-0.2, -0.15) is 0 Å². The van der Waals surface area contributed by atoms with Gasteiger partial charge in [0.1, 0.15) is 0 Å². The van der Waals surface area contributed by atoms with E-state index in [1.54, 1.807) is 12.1 Å². The molecule has 0 aromatic heterocycles. The summed E-state index contributed by atoms with van der Waals surface area (Å²) in [5.41, 5.74) is 1.14. The van der Waals surface area contributed by atoms with Crippen molar-refractivity contribution >= 4 is 5.69 Å². The van der Waals surface area contributed by atoms with Gasteiger partial charge in [0.25, 0.3) is 5.69 Å². The molecule has 4 heteroatoms. The second-order valence-electron chi connectivity index (χ2n) is 6.59. The number of rotatable bonds is 6. The van der Waals surface area contributed by atoms with Crippen LogP contribution in [0.5, 0.6) is 0 Å². The number of para-hydroxylation sites is 1. The molecule has 1 aromatic carbocycles. The van der Waals surface area contributed by atoms with Crippen molar-refractivity contribution in [1.82, 2.24) is 5.32 Å². The highest BCUT2D eigenvalue weighted by Gasteiger charge is 2.43.